The van der Waals surface area contributed by atoms with Gasteiger partial charge in [0.1, 0.15) is 48.8 Å². The van der Waals surface area contributed by atoms with Gasteiger partial charge in [-0.05, 0) is 27.8 Å². The second kappa shape index (κ2) is 21.1. The van der Waals surface area contributed by atoms with Crippen molar-refractivity contribution in [3.05, 3.63) is 179 Å². The average Bonchev–Trinajstić information content (AvgIpc) is 3.26. The lowest BCUT2D eigenvalue weighted by molar-refractivity contribution is -0.376. The van der Waals surface area contributed by atoms with Gasteiger partial charge in [-0.25, -0.2) is 0 Å². The Labute approximate surface area is 339 Å². The standard InChI is InChI=1S/C47H52O11/c48-37(26-32-16-6-1-7-17-32)41-39(49)40(50)43(54-29-35-22-12-4-13-23-35)47(57-41)58-45-44(55-30-36-24-14-5-15-25-36)42(53-28-34-20-10-3-11-21-34)38(56-46(45)51)31-52-27-33-18-8-2-9-19-33/h1-25,37-51H,26-31H2/t37?,38-,39+,40+,41-,42-,43-,44+,45-,46+,47-/m1/s1. The van der Waals surface area contributed by atoms with E-state index in [9.17, 15) is 20.4 Å². The smallest absolute Gasteiger partial charge is 0.187 e. The Bertz CT molecular complexity index is 1890. The minimum Gasteiger partial charge on any atom is -0.390 e. The van der Waals surface area contributed by atoms with Gasteiger partial charge in [0.05, 0.1) is 39.1 Å². The number of aliphatic hydroxyl groups excluding tert-OH is 4. The molecule has 11 heteroatoms. The van der Waals surface area contributed by atoms with E-state index in [4.69, 9.17) is 33.2 Å². The summed E-state index contributed by atoms with van der Waals surface area (Å²) < 4.78 is 45.0. The highest BCUT2D eigenvalue weighted by Crippen LogP contribution is 2.34. The van der Waals surface area contributed by atoms with Gasteiger partial charge in [0, 0.05) is 6.42 Å². The van der Waals surface area contributed by atoms with Crippen molar-refractivity contribution >= 4 is 0 Å². The summed E-state index contributed by atoms with van der Waals surface area (Å²) in [6, 6.07) is 47.6. The first-order valence-electron chi connectivity index (χ1n) is 19.7. The third kappa shape index (κ3) is 11.2. The summed E-state index contributed by atoms with van der Waals surface area (Å²) in [6.45, 7) is 0.752. The van der Waals surface area contributed by atoms with E-state index in [1.165, 1.54) is 0 Å². The fourth-order valence-corrected chi connectivity index (χ4v) is 7.33. The van der Waals surface area contributed by atoms with Crippen LogP contribution in [-0.2, 0) is 66.0 Å². The van der Waals surface area contributed by atoms with Gasteiger partial charge in [-0.2, -0.15) is 0 Å². The third-order valence-corrected chi connectivity index (χ3v) is 10.4. The maximum absolute atomic E-state index is 11.8. The molecule has 1 unspecified atom stereocenters. The van der Waals surface area contributed by atoms with E-state index in [-0.39, 0.29) is 32.8 Å². The van der Waals surface area contributed by atoms with E-state index >= 15 is 0 Å². The lowest BCUT2D eigenvalue weighted by Crippen LogP contribution is -2.66. The van der Waals surface area contributed by atoms with E-state index in [0.29, 0.717) is 6.61 Å². The molecule has 7 rings (SSSR count). The van der Waals surface area contributed by atoms with Crippen molar-refractivity contribution < 1.29 is 53.6 Å². The Kier molecular flexibility index (Phi) is 15.2. The molecular formula is C47H52O11. The number of rotatable bonds is 18. The maximum Gasteiger partial charge on any atom is 0.187 e. The van der Waals surface area contributed by atoms with Gasteiger partial charge in [0.15, 0.2) is 12.6 Å². The van der Waals surface area contributed by atoms with Crippen molar-refractivity contribution in [2.24, 2.45) is 0 Å². The largest absolute Gasteiger partial charge is 0.390 e. The first-order valence-corrected chi connectivity index (χ1v) is 19.7. The monoisotopic (exact) mass is 792 g/mol. The van der Waals surface area contributed by atoms with E-state index in [1.54, 1.807) is 0 Å². The molecule has 0 aliphatic carbocycles. The molecule has 0 radical (unpaired) electrons. The molecule has 2 fully saturated rings. The molecular weight excluding hydrogens is 741 g/mol. The molecule has 4 N–H and O–H groups in total. The molecule has 0 amide bonds. The van der Waals surface area contributed by atoms with Crippen LogP contribution in [-0.4, -0.2) is 94.5 Å². The Morgan fingerprint density at radius 1 is 0.466 bits per heavy atom. The van der Waals surface area contributed by atoms with Crippen LogP contribution in [0.1, 0.15) is 27.8 Å². The van der Waals surface area contributed by atoms with E-state index in [0.717, 1.165) is 27.8 Å². The SMILES string of the molecule is OC(Cc1ccccc1)[C@H]1O[C@H](O[C@@H]2[C@@H](OCc3ccccc3)[C@H](OCc3ccccc3)[C@@H](COCc3ccccc3)O[C@@H]2O)[C@H](OCc2ccccc2)[C@@H](O)[C@@H]1O. The normalized spacial score (nSPS) is 27.9. The van der Waals surface area contributed by atoms with Crippen molar-refractivity contribution in [3.63, 3.8) is 0 Å². The maximum atomic E-state index is 11.8. The predicted molar refractivity (Wildman–Crippen MR) is 214 cm³/mol. The van der Waals surface area contributed by atoms with Crippen LogP contribution in [0.5, 0.6) is 0 Å². The molecule has 0 saturated carbocycles. The van der Waals surface area contributed by atoms with Crippen molar-refractivity contribution in [1.82, 2.24) is 0 Å². The molecule has 0 spiro atoms. The van der Waals surface area contributed by atoms with Gasteiger partial charge in [0.2, 0.25) is 0 Å². The van der Waals surface area contributed by atoms with Crippen molar-refractivity contribution in [2.45, 2.75) is 100 Å². The first-order chi connectivity index (χ1) is 28.4. The zero-order valence-corrected chi connectivity index (χ0v) is 32.2. The van der Waals surface area contributed by atoms with E-state index < -0.39 is 67.5 Å². The van der Waals surface area contributed by atoms with Crippen molar-refractivity contribution in [3.8, 4) is 0 Å². The van der Waals surface area contributed by atoms with Crippen LogP contribution in [0.4, 0.5) is 0 Å². The molecule has 58 heavy (non-hydrogen) atoms. The van der Waals surface area contributed by atoms with Crippen LogP contribution in [0.3, 0.4) is 0 Å². The Morgan fingerprint density at radius 3 is 1.40 bits per heavy atom. The zero-order chi connectivity index (χ0) is 40.1. The van der Waals surface area contributed by atoms with Crippen LogP contribution >= 0.6 is 0 Å². The fourth-order valence-electron chi connectivity index (χ4n) is 7.33. The topological polar surface area (TPSA) is 146 Å². The van der Waals surface area contributed by atoms with Gasteiger partial charge in [-0.3, -0.25) is 0 Å². The summed E-state index contributed by atoms with van der Waals surface area (Å²) in [5, 5.41) is 46.4. The van der Waals surface area contributed by atoms with Crippen LogP contribution in [0.15, 0.2) is 152 Å². The van der Waals surface area contributed by atoms with Crippen molar-refractivity contribution in [2.75, 3.05) is 6.61 Å². The second-order valence-corrected chi connectivity index (χ2v) is 14.7. The summed E-state index contributed by atoms with van der Waals surface area (Å²) in [7, 11) is 0. The molecule has 5 aromatic rings. The van der Waals surface area contributed by atoms with E-state index in [2.05, 4.69) is 0 Å². The van der Waals surface area contributed by atoms with Crippen LogP contribution in [0, 0.1) is 0 Å². The Hall–Kier alpha value is -4.34. The number of hydrogen-bond acceptors (Lipinski definition) is 11. The zero-order valence-electron chi connectivity index (χ0n) is 32.2. The summed E-state index contributed by atoms with van der Waals surface area (Å²) in [5.74, 6) is 0. The summed E-state index contributed by atoms with van der Waals surface area (Å²) in [6.07, 6.45) is -13.6. The molecule has 11 nitrogen and oxygen atoms in total. The van der Waals surface area contributed by atoms with Crippen molar-refractivity contribution in [1.29, 1.82) is 0 Å². The number of hydrogen-bond donors (Lipinski definition) is 4. The van der Waals surface area contributed by atoms with Gasteiger partial charge in [-0.1, -0.05) is 152 Å². The molecule has 0 bridgehead atoms. The number of aliphatic hydroxyl groups is 4. The van der Waals surface area contributed by atoms with Crippen LogP contribution in [0.25, 0.3) is 0 Å². The fraction of sp³-hybridized carbons (Fsp3) is 0.362. The summed E-state index contributed by atoms with van der Waals surface area (Å²) >= 11 is 0. The Morgan fingerprint density at radius 2 is 0.897 bits per heavy atom. The minimum atomic E-state index is -1.59. The molecule has 306 valence electrons. The van der Waals surface area contributed by atoms with Gasteiger partial charge in [-0.15, -0.1) is 0 Å². The number of ether oxygens (including phenoxy) is 7. The predicted octanol–water partition coefficient (Wildman–Crippen LogP) is 5.11. The summed E-state index contributed by atoms with van der Waals surface area (Å²) in [5.41, 5.74) is 4.38. The molecule has 0 aromatic heterocycles. The van der Waals surface area contributed by atoms with Gasteiger partial charge >= 0.3 is 0 Å². The minimum absolute atomic E-state index is 0.0526. The molecule has 2 saturated heterocycles. The Balaban J connectivity index is 1.18. The van der Waals surface area contributed by atoms with Gasteiger partial charge in [0.25, 0.3) is 0 Å². The first kappa shape index (κ1) is 41.8. The quantitative estimate of drug-likeness (QED) is 0.0940. The molecule has 2 aliphatic rings. The highest BCUT2D eigenvalue weighted by Gasteiger charge is 2.53. The third-order valence-electron chi connectivity index (χ3n) is 10.4. The highest BCUT2D eigenvalue weighted by atomic mass is 16.7. The molecule has 11 atom stereocenters. The lowest BCUT2D eigenvalue weighted by Gasteiger charge is -2.48. The summed E-state index contributed by atoms with van der Waals surface area (Å²) in [4.78, 5) is 0. The van der Waals surface area contributed by atoms with Crippen LogP contribution < -0.4 is 0 Å². The molecule has 2 heterocycles. The molecule has 5 aromatic carbocycles. The highest BCUT2D eigenvalue weighted by molar-refractivity contribution is 5.18. The average molecular weight is 793 g/mol. The van der Waals surface area contributed by atoms with E-state index in [1.807, 2.05) is 152 Å². The molecule has 2 aliphatic heterocycles. The lowest BCUT2D eigenvalue weighted by atomic mass is 9.92. The second-order valence-electron chi connectivity index (χ2n) is 14.7. The van der Waals surface area contributed by atoms with Gasteiger partial charge < -0.3 is 53.6 Å². The number of benzene rings is 5. The van der Waals surface area contributed by atoms with Crippen LogP contribution in [0.2, 0.25) is 0 Å².